The van der Waals surface area contributed by atoms with Crippen LogP contribution in [0, 0.1) is 5.41 Å². The third-order valence-electron chi connectivity index (χ3n) is 4.14. The van der Waals surface area contributed by atoms with Gasteiger partial charge in [-0.1, -0.05) is 86.0 Å². The molecule has 0 fully saturated rings. The minimum Gasteiger partial charge on any atom is -0.461 e. The highest BCUT2D eigenvalue weighted by Crippen LogP contribution is 2.32. The third kappa shape index (κ3) is 5.42. The molecule has 0 bridgehead atoms. The van der Waals surface area contributed by atoms with E-state index < -0.39 is 17.4 Å². The molecule has 27 heavy (non-hydrogen) atoms. The zero-order valence-electron chi connectivity index (χ0n) is 15.3. The summed E-state index contributed by atoms with van der Waals surface area (Å²) in [6, 6.07) is 18.7. The molecule has 0 aromatic heterocycles. The molecule has 4 heteroatoms. The van der Waals surface area contributed by atoms with E-state index in [4.69, 9.17) is 9.47 Å². The molecule has 0 aliphatic carbocycles. The van der Waals surface area contributed by atoms with Gasteiger partial charge in [-0.2, -0.15) is 0 Å². The van der Waals surface area contributed by atoms with Crippen LogP contribution >= 0.6 is 0 Å². The average molecular weight is 364 g/mol. The predicted octanol–water partition coefficient (Wildman–Crippen LogP) is 3.92. The van der Waals surface area contributed by atoms with Crippen LogP contribution in [0.2, 0.25) is 0 Å². The molecule has 2 rings (SSSR count). The lowest BCUT2D eigenvalue weighted by atomic mass is 9.76. The van der Waals surface area contributed by atoms with E-state index in [0.717, 1.165) is 11.1 Å². The molecule has 0 amide bonds. The molecule has 0 saturated heterocycles. The lowest BCUT2D eigenvalue weighted by molar-refractivity contribution is -0.171. The van der Waals surface area contributed by atoms with Crippen molar-refractivity contribution in [3.63, 3.8) is 0 Å². The summed E-state index contributed by atoms with van der Waals surface area (Å²) in [5.41, 5.74) is 0.202. The zero-order valence-corrected chi connectivity index (χ0v) is 15.3. The molecule has 0 heterocycles. The molecule has 2 aromatic rings. The van der Waals surface area contributed by atoms with Gasteiger partial charge in [0.1, 0.15) is 13.2 Å². The molecule has 0 radical (unpaired) electrons. The van der Waals surface area contributed by atoms with Gasteiger partial charge in [-0.15, -0.1) is 0 Å². The Labute approximate surface area is 160 Å². The highest BCUT2D eigenvalue weighted by Gasteiger charge is 2.49. The zero-order chi connectivity index (χ0) is 19.5. The molecule has 4 nitrogen and oxygen atoms in total. The lowest BCUT2D eigenvalue weighted by Gasteiger charge is -2.29. The van der Waals surface area contributed by atoms with Gasteiger partial charge >= 0.3 is 11.9 Å². The van der Waals surface area contributed by atoms with Gasteiger partial charge in [0.2, 0.25) is 0 Å². The van der Waals surface area contributed by atoms with Crippen LogP contribution in [-0.4, -0.2) is 25.2 Å². The standard InChI is InChI=1S/C23H24O4/c1-3-15-26-21(24)23(22(25)27-16-4-2,17-19-11-7-5-8-12-19)18-20-13-9-6-10-14-20/h3-14H,1-2,15-18H2. The summed E-state index contributed by atoms with van der Waals surface area (Å²) in [6.07, 6.45) is 3.30. The second kappa shape index (κ2) is 10.1. The van der Waals surface area contributed by atoms with Crippen molar-refractivity contribution < 1.29 is 19.1 Å². The Morgan fingerprint density at radius 3 is 1.44 bits per heavy atom. The summed E-state index contributed by atoms with van der Waals surface area (Å²) in [5.74, 6) is -1.24. The Bertz CT molecular complexity index is 698. The van der Waals surface area contributed by atoms with E-state index in [9.17, 15) is 9.59 Å². The first-order chi connectivity index (χ1) is 13.1. The first-order valence-electron chi connectivity index (χ1n) is 8.76. The highest BCUT2D eigenvalue weighted by atomic mass is 16.6. The maximum Gasteiger partial charge on any atom is 0.324 e. The van der Waals surface area contributed by atoms with Crippen LogP contribution in [0.5, 0.6) is 0 Å². The van der Waals surface area contributed by atoms with Gasteiger partial charge in [-0.05, 0) is 24.0 Å². The van der Waals surface area contributed by atoms with Crippen LogP contribution in [0.15, 0.2) is 86.0 Å². The van der Waals surface area contributed by atoms with E-state index >= 15 is 0 Å². The highest BCUT2D eigenvalue weighted by molar-refractivity contribution is 6.00. The van der Waals surface area contributed by atoms with E-state index in [-0.39, 0.29) is 26.1 Å². The quantitative estimate of drug-likeness (QED) is 0.364. The van der Waals surface area contributed by atoms with Gasteiger partial charge in [0.15, 0.2) is 5.41 Å². The number of hydrogen-bond donors (Lipinski definition) is 0. The smallest absolute Gasteiger partial charge is 0.324 e. The maximum absolute atomic E-state index is 13.0. The number of hydrogen-bond acceptors (Lipinski definition) is 4. The summed E-state index contributed by atoms with van der Waals surface area (Å²) in [4.78, 5) is 26.1. The molecule has 0 saturated carbocycles. The van der Waals surface area contributed by atoms with Crippen molar-refractivity contribution in [3.05, 3.63) is 97.1 Å². The summed E-state index contributed by atoms with van der Waals surface area (Å²) in [5, 5.41) is 0. The maximum atomic E-state index is 13.0. The summed E-state index contributed by atoms with van der Waals surface area (Å²) in [7, 11) is 0. The van der Waals surface area contributed by atoms with E-state index in [2.05, 4.69) is 13.2 Å². The van der Waals surface area contributed by atoms with Crippen LogP contribution < -0.4 is 0 Å². The van der Waals surface area contributed by atoms with Gasteiger partial charge in [-0.3, -0.25) is 9.59 Å². The number of esters is 2. The monoisotopic (exact) mass is 364 g/mol. The SMILES string of the molecule is C=CCOC(=O)C(Cc1ccccc1)(Cc1ccccc1)C(=O)OCC=C. The van der Waals surface area contributed by atoms with Crippen LogP contribution in [-0.2, 0) is 31.9 Å². The van der Waals surface area contributed by atoms with Gasteiger partial charge in [-0.25, -0.2) is 0 Å². The minimum atomic E-state index is -1.49. The number of rotatable bonds is 10. The Morgan fingerprint density at radius 2 is 1.11 bits per heavy atom. The summed E-state index contributed by atoms with van der Waals surface area (Å²) >= 11 is 0. The molecular formula is C23H24O4. The van der Waals surface area contributed by atoms with Crippen molar-refractivity contribution in [2.24, 2.45) is 5.41 Å². The molecule has 0 aliphatic rings. The van der Waals surface area contributed by atoms with Crippen molar-refractivity contribution in [1.29, 1.82) is 0 Å². The minimum absolute atomic E-state index is 0.0267. The first kappa shape index (κ1) is 20.2. The van der Waals surface area contributed by atoms with Gasteiger partial charge in [0.25, 0.3) is 0 Å². The fraction of sp³-hybridized carbons (Fsp3) is 0.217. The van der Waals surface area contributed by atoms with Crippen molar-refractivity contribution in [1.82, 2.24) is 0 Å². The molecular weight excluding hydrogens is 340 g/mol. The molecule has 0 atom stereocenters. The third-order valence-corrected chi connectivity index (χ3v) is 4.14. The van der Waals surface area contributed by atoms with Crippen LogP contribution in [0.1, 0.15) is 11.1 Å². The largest absolute Gasteiger partial charge is 0.461 e. The molecule has 0 spiro atoms. The lowest BCUT2D eigenvalue weighted by Crippen LogP contribution is -2.46. The van der Waals surface area contributed by atoms with Crippen LogP contribution in [0.25, 0.3) is 0 Å². The first-order valence-corrected chi connectivity index (χ1v) is 8.76. The fourth-order valence-electron chi connectivity index (χ4n) is 2.87. The van der Waals surface area contributed by atoms with E-state index in [1.165, 1.54) is 12.2 Å². The normalized spacial score (nSPS) is 10.7. The van der Waals surface area contributed by atoms with E-state index in [0.29, 0.717) is 0 Å². The molecule has 0 N–H and O–H groups in total. The second-order valence-electron chi connectivity index (χ2n) is 6.18. The molecule has 0 unspecified atom stereocenters. The number of carbonyl (C=O) groups excluding carboxylic acids is 2. The summed E-state index contributed by atoms with van der Waals surface area (Å²) < 4.78 is 10.6. The number of carbonyl (C=O) groups is 2. The van der Waals surface area contributed by atoms with Gasteiger partial charge < -0.3 is 9.47 Å². The molecule has 140 valence electrons. The topological polar surface area (TPSA) is 52.6 Å². The van der Waals surface area contributed by atoms with Crippen LogP contribution in [0.3, 0.4) is 0 Å². The van der Waals surface area contributed by atoms with Crippen molar-refractivity contribution in [2.45, 2.75) is 12.8 Å². The predicted molar refractivity (Wildman–Crippen MR) is 105 cm³/mol. The second-order valence-corrected chi connectivity index (χ2v) is 6.18. The fourth-order valence-corrected chi connectivity index (χ4v) is 2.87. The Hall–Kier alpha value is -3.14. The van der Waals surface area contributed by atoms with Crippen molar-refractivity contribution in [3.8, 4) is 0 Å². The van der Waals surface area contributed by atoms with Gasteiger partial charge in [0, 0.05) is 0 Å². The van der Waals surface area contributed by atoms with E-state index in [1.54, 1.807) is 0 Å². The number of ether oxygens (including phenoxy) is 2. The average Bonchev–Trinajstić information content (AvgIpc) is 2.71. The van der Waals surface area contributed by atoms with Crippen LogP contribution in [0.4, 0.5) is 0 Å². The Balaban J connectivity index is 2.47. The van der Waals surface area contributed by atoms with Crippen molar-refractivity contribution >= 4 is 11.9 Å². The molecule has 0 aliphatic heterocycles. The van der Waals surface area contributed by atoms with Gasteiger partial charge in [0.05, 0.1) is 0 Å². The summed E-state index contributed by atoms with van der Waals surface area (Å²) in [6.45, 7) is 7.19. The Kier molecular flexibility index (Phi) is 7.56. The number of benzene rings is 2. The molecule has 2 aromatic carbocycles. The van der Waals surface area contributed by atoms with Crippen molar-refractivity contribution in [2.75, 3.05) is 13.2 Å². The van der Waals surface area contributed by atoms with E-state index in [1.807, 2.05) is 60.7 Å². The Morgan fingerprint density at radius 1 is 0.741 bits per heavy atom.